The highest BCUT2D eigenvalue weighted by atomic mass is 127. The number of benzene rings is 2. The summed E-state index contributed by atoms with van der Waals surface area (Å²) < 4.78 is 10.9. The summed E-state index contributed by atoms with van der Waals surface area (Å²) in [5, 5.41) is 11.2. The smallest absolute Gasteiger partial charge is 0.343 e. The van der Waals surface area contributed by atoms with Gasteiger partial charge in [-0.25, -0.2) is 4.79 Å². The fourth-order valence-corrected chi connectivity index (χ4v) is 3.29. The van der Waals surface area contributed by atoms with Gasteiger partial charge in [0.2, 0.25) is 5.75 Å². The first-order valence-corrected chi connectivity index (χ1v) is 8.30. The molecule has 7 heteroatoms. The van der Waals surface area contributed by atoms with E-state index in [-0.39, 0.29) is 11.4 Å². The number of esters is 1. The zero-order chi connectivity index (χ0) is 18.0. The molecular formula is C18H12INO5. The van der Waals surface area contributed by atoms with Gasteiger partial charge in [-0.1, -0.05) is 30.3 Å². The molecule has 1 heterocycles. The van der Waals surface area contributed by atoms with Crippen molar-refractivity contribution in [1.29, 1.82) is 0 Å². The Bertz CT molecular complexity index is 919. The van der Waals surface area contributed by atoms with E-state index in [1.165, 1.54) is 13.2 Å². The first-order valence-electron chi connectivity index (χ1n) is 7.22. The first kappa shape index (κ1) is 17.2. The van der Waals surface area contributed by atoms with Crippen molar-refractivity contribution in [2.45, 2.75) is 0 Å². The molecule has 0 amide bonds. The van der Waals surface area contributed by atoms with Gasteiger partial charge in [-0.05, 0) is 46.4 Å². The molecule has 0 aromatic heterocycles. The van der Waals surface area contributed by atoms with E-state index in [9.17, 15) is 14.9 Å². The average molecular weight is 449 g/mol. The van der Waals surface area contributed by atoms with Crippen LogP contribution in [0.4, 0.5) is 5.69 Å². The topological polar surface area (TPSA) is 78.7 Å². The molecule has 0 aliphatic carbocycles. The van der Waals surface area contributed by atoms with Crippen LogP contribution in [0.2, 0.25) is 0 Å². The second-order valence-corrected chi connectivity index (χ2v) is 6.34. The third kappa shape index (κ3) is 3.55. The normalized spacial score (nSPS) is 15.0. The van der Waals surface area contributed by atoms with E-state index in [0.29, 0.717) is 20.5 Å². The van der Waals surface area contributed by atoms with Gasteiger partial charge in [0.15, 0.2) is 0 Å². The van der Waals surface area contributed by atoms with Crippen LogP contribution in [-0.4, -0.2) is 18.0 Å². The predicted octanol–water partition coefficient (Wildman–Crippen LogP) is 4.19. The van der Waals surface area contributed by atoms with E-state index in [2.05, 4.69) is 0 Å². The van der Waals surface area contributed by atoms with Crippen molar-refractivity contribution in [1.82, 2.24) is 0 Å². The van der Waals surface area contributed by atoms with Gasteiger partial charge in [0, 0.05) is 11.6 Å². The number of halogens is 1. The molecular weight excluding hydrogens is 437 g/mol. The maximum atomic E-state index is 12.1. The minimum absolute atomic E-state index is 0.153. The van der Waals surface area contributed by atoms with Gasteiger partial charge in [0.1, 0.15) is 5.76 Å². The third-order valence-corrected chi connectivity index (χ3v) is 4.35. The van der Waals surface area contributed by atoms with Crippen LogP contribution in [0.3, 0.4) is 0 Å². The number of hydrogen-bond donors (Lipinski definition) is 0. The summed E-state index contributed by atoms with van der Waals surface area (Å²) >= 11 is 1.96. The fourth-order valence-electron chi connectivity index (χ4n) is 2.43. The van der Waals surface area contributed by atoms with Gasteiger partial charge in [0.05, 0.1) is 21.2 Å². The van der Waals surface area contributed by atoms with Crippen LogP contribution in [0.5, 0.6) is 5.75 Å². The number of methoxy groups -OCH3 is 1. The Morgan fingerprint density at radius 2 is 1.96 bits per heavy atom. The maximum absolute atomic E-state index is 12.1. The highest BCUT2D eigenvalue weighted by Crippen LogP contribution is 2.35. The number of cyclic esters (lactones) is 1. The molecule has 0 saturated carbocycles. The number of carbonyl (C=O) groups excluding carboxylic acids is 1. The molecule has 0 spiro atoms. The zero-order valence-corrected chi connectivity index (χ0v) is 15.2. The zero-order valence-electron chi connectivity index (χ0n) is 13.1. The molecule has 0 N–H and O–H groups in total. The van der Waals surface area contributed by atoms with Gasteiger partial charge in [-0.2, -0.15) is 0 Å². The number of carbonyl (C=O) groups is 1. The molecule has 25 heavy (non-hydrogen) atoms. The van der Waals surface area contributed by atoms with E-state index in [0.717, 1.165) is 5.56 Å². The number of nitro benzene ring substituents is 1. The van der Waals surface area contributed by atoms with Crippen LogP contribution in [0.15, 0.2) is 54.1 Å². The quantitative estimate of drug-likeness (QED) is 0.230. The van der Waals surface area contributed by atoms with Crippen molar-refractivity contribution >= 4 is 46.1 Å². The van der Waals surface area contributed by atoms with Gasteiger partial charge >= 0.3 is 11.7 Å². The summed E-state index contributed by atoms with van der Waals surface area (Å²) in [6, 6.07) is 12.3. The standard InChI is InChI=1S/C18H12INO5/c1-24-17-14(19)8-11(9-15(17)20(22)23)7-13-10-16(25-18(13)21)12-5-3-2-4-6-12/h2-10H,1H3. The van der Waals surface area contributed by atoms with Crippen LogP contribution in [0.25, 0.3) is 11.8 Å². The van der Waals surface area contributed by atoms with E-state index in [1.54, 1.807) is 18.2 Å². The molecule has 0 atom stereocenters. The molecule has 0 fully saturated rings. The van der Waals surface area contributed by atoms with E-state index in [1.807, 2.05) is 52.9 Å². The Kier molecular flexibility index (Phi) is 4.84. The molecule has 1 aliphatic rings. The SMILES string of the molecule is COc1c(I)cc(C=C2C=C(c3ccccc3)OC2=O)cc1[N+](=O)[O-]. The fraction of sp³-hybridized carbons (Fsp3) is 0.0556. The number of rotatable bonds is 4. The minimum Gasteiger partial charge on any atom is -0.489 e. The van der Waals surface area contributed by atoms with Crippen molar-refractivity contribution in [3.8, 4) is 5.75 Å². The predicted molar refractivity (Wildman–Crippen MR) is 101 cm³/mol. The Balaban J connectivity index is 2.02. The molecule has 3 rings (SSSR count). The number of nitrogens with zero attached hydrogens (tertiary/aromatic N) is 1. The molecule has 0 saturated heterocycles. The van der Waals surface area contributed by atoms with Crippen LogP contribution in [0.1, 0.15) is 11.1 Å². The van der Waals surface area contributed by atoms with Crippen LogP contribution in [0, 0.1) is 13.7 Å². The molecule has 2 aromatic rings. The second-order valence-electron chi connectivity index (χ2n) is 5.18. The first-order chi connectivity index (χ1) is 12.0. The third-order valence-electron chi connectivity index (χ3n) is 3.55. The molecule has 2 aromatic carbocycles. The van der Waals surface area contributed by atoms with Gasteiger partial charge in [0.25, 0.3) is 0 Å². The van der Waals surface area contributed by atoms with Crippen LogP contribution >= 0.6 is 22.6 Å². The summed E-state index contributed by atoms with van der Waals surface area (Å²) in [7, 11) is 1.38. The Morgan fingerprint density at radius 1 is 1.24 bits per heavy atom. The molecule has 1 aliphatic heterocycles. The molecule has 0 radical (unpaired) electrons. The van der Waals surface area contributed by atoms with Crippen molar-refractivity contribution in [3.05, 3.63) is 78.9 Å². The lowest BCUT2D eigenvalue weighted by Crippen LogP contribution is -1.99. The summed E-state index contributed by atoms with van der Waals surface area (Å²) in [6.07, 6.45) is 3.19. The maximum Gasteiger partial charge on any atom is 0.343 e. The number of ether oxygens (including phenoxy) is 2. The summed E-state index contributed by atoms with van der Waals surface area (Å²) in [6.45, 7) is 0. The van der Waals surface area contributed by atoms with Gasteiger partial charge < -0.3 is 9.47 Å². The summed E-state index contributed by atoms with van der Waals surface area (Å²) in [5.41, 5.74) is 1.48. The van der Waals surface area contributed by atoms with Crippen molar-refractivity contribution in [2.24, 2.45) is 0 Å². The summed E-state index contributed by atoms with van der Waals surface area (Å²) in [4.78, 5) is 22.8. The highest BCUT2D eigenvalue weighted by Gasteiger charge is 2.23. The van der Waals surface area contributed by atoms with Gasteiger partial charge in [-0.15, -0.1) is 0 Å². The lowest BCUT2D eigenvalue weighted by Gasteiger charge is -2.05. The number of nitro groups is 1. The molecule has 0 unspecified atom stereocenters. The van der Waals surface area contributed by atoms with E-state index >= 15 is 0 Å². The van der Waals surface area contributed by atoms with Crippen molar-refractivity contribution in [2.75, 3.05) is 7.11 Å². The van der Waals surface area contributed by atoms with Crippen LogP contribution in [-0.2, 0) is 9.53 Å². The second kappa shape index (κ2) is 7.06. The molecule has 126 valence electrons. The van der Waals surface area contributed by atoms with E-state index in [4.69, 9.17) is 9.47 Å². The lowest BCUT2D eigenvalue weighted by molar-refractivity contribution is -0.385. The minimum atomic E-state index is -0.513. The van der Waals surface area contributed by atoms with Crippen LogP contribution < -0.4 is 4.74 Å². The Hall–Kier alpha value is -2.68. The average Bonchev–Trinajstić information content (AvgIpc) is 2.96. The molecule has 0 bridgehead atoms. The highest BCUT2D eigenvalue weighted by molar-refractivity contribution is 14.1. The summed E-state index contributed by atoms with van der Waals surface area (Å²) in [5.74, 6) is 0.157. The monoisotopic (exact) mass is 449 g/mol. The van der Waals surface area contributed by atoms with Gasteiger partial charge in [-0.3, -0.25) is 10.1 Å². The van der Waals surface area contributed by atoms with Crippen molar-refractivity contribution < 1.29 is 19.2 Å². The van der Waals surface area contributed by atoms with E-state index < -0.39 is 10.9 Å². The Labute approximate surface area is 157 Å². The number of hydrogen-bond acceptors (Lipinski definition) is 5. The Morgan fingerprint density at radius 3 is 2.60 bits per heavy atom. The van der Waals surface area contributed by atoms with Crippen molar-refractivity contribution in [3.63, 3.8) is 0 Å². The lowest BCUT2D eigenvalue weighted by atomic mass is 10.1. The molecule has 6 nitrogen and oxygen atoms in total. The largest absolute Gasteiger partial charge is 0.489 e.